The Morgan fingerprint density at radius 1 is 1.14 bits per heavy atom. The van der Waals surface area contributed by atoms with E-state index >= 15 is 0 Å². The third kappa shape index (κ3) is 3.61. The Labute approximate surface area is 133 Å². The summed E-state index contributed by atoms with van der Waals surface area (Å²) in [6.45, 7) is 3.45. The Kier molecular flexibility index (Phi) is 5.20. The van der Waals surface area contributed by atoms with Crippen LogP contribution in [0.25, 0.3) is 0 Å². The van der Waals surface area contributed by atoms with E-state index in [0.717, 1.165) is 17.0 Å². The van der Waals surface area contributed by atoms with Gasteiger partial charge in [0.1, 0.15) is 0 Å². The minimum atomic E-state index is 0.325. The quantitative estimate of drug-likeness (QED) is 0.866. The Morgan fingerprint density at radius 2 is 1.95 bits per heavy atom. The van der Waals surface area contributed by atoms with E-state index in [1.165, 1.54) is 50.6 Å². The summed E-state index contributed by atoms with van der Waals surface area (Å²) in [5, 5.41) is 8.47. The van der Waals surface area contributed by atoms with Gasteiger partial charge < -0.3 is 10.6 Å². The highest BCUT2D eigenvalue weighted by molar-refractivity contribution is 6.31. The van der Waals surface area contributed by atoms with Gasteiger partial charge in [0.25, 0.3) is 0 Å². The van der Waals surface area contributed by atoms with Crippen molar-refractivity contribution in [3.8, 4) is 0 Å². The maximum absolute atomic E-state index is 6.35. The molecule has 0 aromatic heterocycles. The molecule has 3 rings (SSSR count). The van der Waals surface area contributed by atoms with Crippen LogP contribution >= 0.6 is 11.6 Å². The molecular formula is C18H27ClN2. The Hall–Kier alpha value is -0.570. The van der Waals surface area contributed by atoms with Gasteiger partial charge in [-0.3, -0.25) is 0 Å². The second-order valence-electron chi connectivity index (χ2n) is 6.67. The topological polar surface area (TPSA) is 24.1 Å². The first-order valence-electron chi connectivity index (χ1n) is 8.49. The van der Waals surface area contributed by atoms with Crippen LogP contribution in [0.5, 0.6) is 0 Å². The van der Waals surface area contributed by atoms with Crippen molar-refractivity contribution in [2.45, 2.75) is 63.6 Å². The molecule has 1 saturated carbocycles. The fourth-order valence-electron chi connectivity index (χ4n) is 4.16. The van der Waals surface area contributed by atoms with E-state index in [9.17, 15) is 0 Å². The molecule has 2 nitrogen and oxygen atoms in total. The highest BCUT2D eigenvalue weighted by Gasteiger charge is 2.33. The van der Waals surface area contributed by atoms with Crippen LogP contribution in [0.3, 0.4) is 0 Å². The number of rotatable bonds is 4. The van der Waals surface area contributed by atoms with Crippen molar-refractivity contribution in [3.05, 3.63) is 34.9 Å². The van der Waals surface area contributed by atoms with E-state index in [0.29, 0.717) is 12.1 Å². The van der Waals surface area contributed by atoms with Crippen molar-refractivity contribution in [2.75, 3.05) is 6.54 Å². The molecule has 1 aliphatic heterocycles. The largest absolute Gasteiger partial charge is 0.314 e. The third-order valence-electron chi connectivity index (χ3n) is 5.27. The zero-order valence-corrected chi connectivity index (χ0v) is 13.7. The van der Waals surface area contributed by atoms with Crippen molar-refractivity contribution >= 4 is 11.6 Å². The second kappa shape index (κ2) is 7.13. The van der Waals surface area contributed by atoms with Crippen LogP contribution in [0, 0.1) is 5.92 Å². The molecular weight excluding hydrogens is 280 g/mol. The number of halogens is 1. The lowest BCUT2D eigenvalue weighted by Gasteiger charge is -2.38. The number of hydrogen-bond acceptors (Lipinski definition) is 2. The van der Waals surface area contributed by atoms with E-state index in [1.54, 1.807) is 0 Å². The molecule has 116 valence electrons. The average molecular weight is 307 g/mol. The summed E-state index contributed by atoms with van der Waals surface area (Å²) in [4.78, 5) is 0. The van der Waals surface area contributed by atoms with Gasteiger partial charge in [0.2, 0.25) is 0 Å². The van der Waals surface area contributed by atoms with Crippen LogP contribution in [0.15, 0.2) is 24.3 Å². The summed E-state index contributed by atoms with van der Waals surface area (Å²) < 4.78 is 0. The van der Waals surface area contributed by atoms with Gasteiger partial charge in [0.05, 0.1) is 0 Å². The molecule has 1 aromatic carbocycles. The van der Waals surface area contributed by atoms with Crippen molar-refractivity contribution in [3.63, 3.8) is 0 Å². The predicted molar refractivity (Wildman–Crippen MR) is 89.8 cm³/mol. The number of hydrogen-bond donors (Lipinski definition) is 2. The Morgan fingerprint density at radius 3 is 2.71 bits per heavy atom. The first-order chi connectivity index (χ1) is 10.3. The van der Waals surface area contributed by atoms with Gasteiger partial charge in [-0.15, -0.1) is 0 Å². The molecule has 1 heterocycles. The summed E-state index contributed by atoms with van der Waals surface area (Å²) in [5.41, 5.74) is 1.22. The van der Waals surface area contributed by atoms with Crippen LogP contribution in [0.1, 0.15) is 57.1 Å². The molecule has 1 aromatic rings. The molecule has 0 amide bonds. The van der Waals surface area contributed by atoms with Crippen molar-refractivity contribution < 1.29 is 0 Å². The lowest BCUT2D eigenvalue weighted by atomic mass is 9.79. The number of benzene rings is 1. The van der Waals surface area contributed by atoms with Crippen LogP contribution < -0.4 is 10.6 Å². The molecule has 0 spiro atoms. The monoisotopic (exact) mass is 306 g/mol. The highest BCUT2D eigenvalue weighted by Crippen LogP contribution is 2.33. The fourth-order valence-corrected chi connectivity index (χ4v) is 4.46. The van der Waals surface area contributed by atoms with Gasteiger partial charge in [-0.05, 0) is 56.7 Å². The molecule has 0 radical (unpaired) electrons. The summed E-state index contributed by atoms with van der Waals surface area (Å²) in [7, 11) is 0. The van der Waals surface area contributed by atoms with Gasteiger partial charge in [0, 0.05) is 23.1 Å². The van der Waals surface area contributed by atoms with Gasteiger partial charge in [-0.1, -0.05) is 42.6 Å². The zero-order valence-electron chi connectivity index (χ0n) is 12.9. The van der Waals surface area contributed by atoms with Crippen LogP contribution in [-0.2, 0) is 0 Å². The smallest absolute Gasteiger partial charge is 0.0453 e. The van der Waals surface area contributed by atoms with E-state index in [4.69, 9.17) is 11.6 Å². The minimum Gasteiger partial charge on any atom is -0.314 e. The standard InChI is InChI=1S/C18H27ClN2/c1-13(14-7-2-4-9-16(14)19)21-18-10-5-3-8-15(18)17-11-6-12-20-17/h2,4,7,9,13,15,17-18,20-21H,3,5-6,8,10-12H2,1H3. The molecule has 2 fully saturated rings. The second-order valence-corrected chi connectivity index (χ2v) is 7.07. The Balaban J connectivity index is 1.68. The first-order valence-corrected chi connectivity index (χ1v) is 8.87. The lowest BCUT2D eigenvalue weighted by molar-refractivity contribution is 0.203. The average Bonchev–Trinajstić information content (AvgIpc) is 3.02. The Bertz CT molecular complexity index is 456. The summed E-state index contributed by atoms with van der Waals surface area (Å²) in [5.74, 6) is 0.784. The molecule has 1 aliphatic carbocycles. The predicted octanol–water partition coefficient (Wildman–Crippen LogP) is 4.30. The van der Waals surface area contributed by atoms with E-state index in [-0.39, 0.29) is 0 Å². The summed E-state index contributed by atoms with van der Waals surface area (Å²) in [6, 6.07) is 9.89. The zero-order chi connectivity index (χ0) is 14.7. The molecule has 0 bridgehead atoms. The normalized spacial score (nSPS) is 31.2. The van der Waals surface area contributed by atoms with Gasteiger partial charge >= 0.3 is 0 Å². The van der Waals surface area contributed by atoms with E-state index in [1.807, 2.05) is 12.1 Å². The maximum Gasteiger partial charge on any atom is 0.0453 e. The van der Waals surface area contributed by atoms with Crippen molar-refractivity contribution in [1.82, 2.24) is 10.6 Å². The molecule has 1 saturated heterocycles. The van der Waals surface area contributed by atoms with Crippen molar-refractivity contribution in [1.29, 1.82) is 0 Å². The summed E-state index contributed by atoms with van der Waals surface area (Å²) in [6.07, 6.45) is 8.11. The molecule has 4 unspecified atom stereocenters. The van der Waals surface area contributed by atoms with Gasteiger partial charge in [-0.25, -0.2) is 0 Å². The first kappa shape index (κ1) is 15.3. The van der Waals surface area contributed by atoms with Crippen LogP contribution in [-0.4, -0.2) is 18.6 Å². The third-order valence-corrected chi connectivity index (χ3v) is 5.61. The molecule has 2 aliphatic rings. The van der Waals surface area contributed by atoms with Crippen molar-refractivity contribution in [2.24, 2.45) is 5.92 Å². The van der Waals surface area contributed by atoms with E-state index < -0.39 is 0 Å². The minimum absolute atomic E-state index is 0.325. The lowest BCUT2D eigenvalue weighted by Crippen LogP contribution is -2.47. The molecule has 21 heavy (non-hydrogen) atoms. The highest BCUT2D eigenvalue weighted by atomic mass is 35.5. The maximum atomic E-state index is 6.35. The SMILES string of the molecule is CC(NC1CCCCC1C1CCCN1)c1ccccc1Cl. The van der Waals surface area contributed by atoms with Gasteiger partial charge in [-0.2, -0.15) is 0 Å². The molecule has 4 atom stereocenters. The van der Waals surface area contributed by atoms with E-state index in [2.05, 4.69) is 29.7 Å². The molecule has 2 N–H and O–H groups in total. The van der Waals surface area contributed by atoms with Gasteiger partial charge in [0.15, 0.2) is 0 Å². The van der Waals surface area contributed by atoms with Crippen LogP contribution in [0.2, 0.25) is 5.02 Å². The molecule has 3 heteroatoms. The fraction of sp³-hybridized carbons (Fsp3) is 0.667. The summed E-state index contributed by atoms with van der Waals surface area (Å²) >= 11 is 6.35. The van der Waals surface area contributed by atoms with Crippen LogP contribution in [0.4, 0.5) is 0 Å². The number of nitrogens with one attached hydrogen (secondary N) is 2.